The van der Waals surface area contributed by atoms with Gasteiger partial charge in [0, 0.05) is 23.8 Å². The van der Waals surface area contributed by atoms with E-state index in [1.54, 1.807) is 18.2 Å². The molecule has 2 amide bonds. The lowest BCUT2D eigenvalue weighted by Crippen LogP contribution is -2.26. The van der Waals surface area contributed by atoms with Crippen molar-refractivity contribution in [3.05, 3.63) is 46.0 Å². The zero-order valence-corrected chi connectivity index (χ0v) is 15.8. The number of halogens is 1. The molecule has 0 atom stereocenters. The van der Waals surface area contributed by atoms with Gasteiger partial charge in [-0.2, -0.15) is 0 Å². The molecule has 2 N–H and O–H groups in total. The third kappa shape index (κ3) is 3.75. The fraction of sp³-hybridized carbons (Fsp3) is 0.421. The average molecular weight is 375 g/mol. The molecule has 2 heterocycles. The molecule has 0 aliphatic carbocycles. The summed E-state index contributed by atoms with van der Waals surface area (Å²) in [6.45, 7) is 5.17. The van der Waals surface area contributed by atoms with E-state index in [1.807, 2.05) is 18.4 Å². The van der Waals surface area contributed by atoms with Crippen molar-refractivity contribution in [3.8, 4) is 0 Å². The summed E-state index contributed by atoms with van der Waals surface area (Å²) in [5.74, 6) is -0.233. The van der Waals surface area contributed by atoms with Crippen molar-refractivity contribution >= 4 is 29.1 Å². The molecule has 0 spiro atoms. The van der Waals surface area contributed by atoms with Gasteiger partial charge in [0.1, 0.15) is 5.69 Å². The molecule has 1 aromatic heterocycles. The molecule has 1 aliphatic rings. The van der Waals surface area contributed by atoms with Crippen molar-refractivity contribution in [2.24, 2.45) is 0 Å². The largest absolute Gasteiger partial charge is 0.351 e. The highest BCUT2D eigenvalue weighted by atomic mass is 35.5. The van der Waals surface area contributed by atoms with Gasteiger partial charge in [0.25, 0.3) is 11.8 Å². The number of nitrogens with one attached hydrogen (secondary N) is 2. The number of nitrogens with zero attached hydrogens (tertiary/aromatic N) is 2. The number of carbonyl (C=O) groups is 2. The second-order valence-corrected chi connectivity index (χ2v) is 6.95. The summed E-state index contributed by atoms with van der Waals surface area (Å²) in [5.41, 5.74) is 2.78. The molecule has 0 radical (unpaired) electrons. The summed E-state index contributed by atoms with van der Waals surface area (Å²) < 4.78 is 1.88. The Hall–Kier alpha value is -2.34. The molecule has 3 rings (SSSR count). The molecular formula is C19H23ClN4O2. The summed E-state index contributed by atoms with van der Waals surface area (Å²) in [6.07, 6.45) is 3.58. The van der Waals surface area contributed by atoms with Crippen molar-refractivity contribution in [2.45, 2.75) is 46.1 Å². The number of carbonyl (C=O) groups excluding carboxylic acids is 2. The lowest BCUT2D eigenvalue weighted by atomic mass is 10.1. The smallest absolute Gasteiger partial charge is 0.291 e. The zero-order valence-electron chi connectivity index (χ0n) is 15.1. The molecule has 1 aliphatic heterocycles. The number of fused-ring (bicyclic) bond motifs is 1. The van der Waals surface area contributed by atoms with Crippen LogP contribution in [0.15, 0.2) is 18.2 Å². The molecule has 0 fully saturated rings. The minimum Gasteiger partial charge on any atom is -0.351 e. The van der Waals surface area contributed by atoms with Crippen LogP contribution in [0.1, 0.15) is 58.6 Å². The van der Waals surface area contributed by atoms with E-state index >= 15 is 0 Å². The topological polar surface area (TPSA) is 76.0 Å². The first-order valence-electron chi connectivity index (χ1n) is 8.96. The fourth-order valence-electron chi connectivity index (χ4n) is 3.17. The molecule has 0 saturated carbocycles. The maximum absolute atomic E-state index is 12.8. The number of rotatable bonds is 5. The number of anilines is 1. The Labute approximate surface area is 157 Å². The van der Waals surface area contributed by atoms with Gasteiger partial charge in [0.15, 0.2) is 5.82 Å². The van der Waals surface area contributed by atoms with Gasteiger partial charge in [-0.05, 0) is 56.4 Å². The summed E-state index contributed by atoms with van der Waals surface area (Å²) >= 11 is 5.97. The van der Waals surface area contributed by atoms with Crippen LogP contribution in [0.4, 0.5) is 5.69 Å². The van der Waals surface area contributed by atoms with Crippen LogP contribution in [0, 0.1) is 6.92 Å². The molecule has 138 valence electrons. The summed E-state index contributed by atoms with van der Waals surface area (Å²) in [7, 11) is 0. The highest BCUT2D eigenvalue weighted by molar-refractivity contribution is 6.30. The Kier molecular flexibility index (Phi) is 5.61. The number of aromatic nitrogens is 2. The van der Waals surface area contributed by atoms with E-state index < -0.39 is 0 Å². The van der Waals surface area contributed by atoms with Gasteiger partial charge in [0.2, 0.25) is 0 Å². The van der Waals surface area contributed by atoms with Gasteiger partial charge in [-0.15, -0.1) is 0 Å². The Morgan fingerprint density at radius 2 is 2.08 bits per heavy atom. The molecule has 0 bridgehead atoms. The average Bonchev–Trinajstić information content (AvgIpc) is 3.02. The molecule has 0 unspecified atom stereocenters. The Morgan fingerprint density at radius 1 is 1.27 bits per heavy atom. The SMILES string of the molecule is CCCNC(=O)c1nc(C(=O)Nc2ccc(Cl)cc2C)n2c1CCCC2. The minimum absolute atomic E-state index is 0.209. The van der Waals surface area contributed by atoms with Gasteiger partial charge in [-0.25, -0.2) is 4.98 Å². The first-order valence-corrected chi connectivity index (χ1v) is 9.34. The molecule has 6 nitrogen and oxygen atoms in total. The van der Waals surface area contributed by atoms with Crippen LogP contribution in [0.25, 0.3) is 0 Å². The number of benzene rings is 1. The lowest BCUT2D eigenvalue weighted by molar-refractivity contribution is 0.0947. The van der Waals surface area contributed by atoms with Crippen LogP contribution >= 0.6 is 11.6 Å². The maximum atomic E-state index is 12.8. The van der Waals surface area contributed by atoms with Crippen molar-refractivity contribution in [2.75, 3.05) is 11.9 Å². The quantitative estimate of drug-likeness (QED) is 0.839. The second kappa shape index (κ2) is 7.91. The van der Waals surface area contributed by atoms with E-state index in [2.05, 4.69) is 15.6 Å². The van der Waals surface area contributed by atoms with E-state index in [-0.39, 0.29) is 17.6 Å². The molecule has 7 heteroatoms. The Bertz CT molecular complexity index is 844. The Balaban J connectivity index is 1.90. The number of aryl methyl sites for hydroxylation is 1. The standard InChI is InChI=1S/C19H23ClN4O2/c1-3-9-21-18(25)16-15-6-4-5-10-24(15)17(23-16)19(26)22-14-8-7-13(20)11-12(14)2/h7-8,11H,3-6,9-10H2,1-2H3,(H,21,25)(H,22,26). The van der Waals surface area contributed by atoms with E-state index in [9.17, 15) is 9.59 Å². The van der Waals surface area contributed by atoms with Crippen molar-refractivity contribution in [1.29, 1.82) is 0 Å². The summed E-state index contributed by atoms with van der Waals surface area (Å²) in [6, 6.07) is 5.29. The monoisotopic (exact) mass is 374 g/mol. The number of hydrogen-bond donors (Lipinski definition) is 2. The van der Waals surface area contributed by atoms with Gasteiger partial charge in [-0.3, -0.25) is 9.59 Å². The van der Waals surface area contributed by atoms with E-state index in [1.165, 1.54) is 0 Å². The number of hydrogen-bond acceptors (Lipinski definition) is 3. The van der Waals surface area contributed by atoms with Crippen LogP contribution < -0.4 is 10.6 Å². The summed E-state index contributed by atoms with van der Waals surface area (Å²) in [5, 5.41) is 6.36. The summed E-state index contributed by atoms with van der Waals surface area (Å²) in [4.78, 5) is 29.6. The highest BCUT2D eigenvalue weighted by Gasteiger charge is 2.27. The molecular weight excluding hydrogens is 352 g/mol. The van der Waals surface area contributed by atoms with Crippen LogP contribution in [-0.4, -0.2) is 27.9 Å². The van der Waals surface area contributed by atoms with Crippen LogP contribution in [0.5, 0.6) is 0 Å². The second-order valence-electron chi connectivity index (χ2n) is 6.51. The molecule has 26 heavy (non-hydrogen) atoms. The lowest BCUT2D eigenvalue weighted by Gasteiger charge is -2.17. The van der Waals surface area contributed by atoms with Crippen LogP contribution in [-0.2, 0) is 13.0 Å². The molecule has 2 aromatic rings. The first kappa shape index (κ1) is 18.5. The first-order chi connectivity index (χ1) is 12.5. The third-order valence-electron chi connectivity index (χ3n) is 4.51. The van der Waals surface area contributed by atoms with Gasteiger partial charge >= 0.3 is 0 Å². The Morgan fingerprint density at radius 3 is 2.81 bits per heavy atom. The van der Waals surface area contributed by atoms with Crippen molar-refractivity contribution in [1.82, 2.24) is 14.9 Å². The van der Waals surface area contributed by atoms with Crippen LogP contribution in [0.3, 0.4) is 0 Å². The third-order valence-corrected chi connectivity index (χ3v) is 4.74. The molecule has 1 aromatic carbocycles. The van der Waals surface area contributed by atoms with E-state index in [0.29, 0.717) is 29.5 Å². The van der Waals surface area contributed by atoms with Gasteiger partial charge < -0.3 is 15.2 Å². The van der Waals surface area contributed by atoms with E-state index in [4.69, 9.17) is 11.6 Å². The van der Waals surface area contributed by atoms with Crippen molar-refractivity contribution < 1.29 is 9.59 Å². The van der Waals surface area contributed by atoms with Gasteiger partial charge in [0.05, 0.1) is 5.69 Å². The zero-order chi connectivity index (χ0) is 18.7. The number of amides is 2. The van der Waals surface area contributed by atoms with Gasteiger partial charge in [-0.1, -0.05) is 18.5 Å². The van der Waals surface area contributed by atoms with E-state index in [0.717, 1.165) is 36.9 Å². The predicted molar refractivity (Wildman–Crippen MR) is 102 cm³/mol. The fourth-order valence-corrected chi connectivity index (χ4v) is 3.39. The van der Waals surface area contributed by atoms with Crippen molar-refractivity contribution in [3.63, 3.8) is 0 Å². The predicted octanol–water partition coefficient (Wildman–Crippen LogP) is 3.57. The van der Waals surface area contributed by atoms with Crippen LogP contribution in [0.2, 0.25) is 5.02 Å². The number of imidazole rings is 1. The molecule has 0 saturated heterocycles. The normalized spacial score (nSPS) is 13.2. The highest BCUT2D eigenvalue weighted by Crippen LogP contribution is 2.24. The maximum Gasteiger partial charge on any atom is 0.291 e. The minimum atomic E-state index is -0.312.